The molecule has 120 valence electrons. The average Bonchev–Trinajstić information content (AvgIpc) is 2.44. The summed E-state index contributed by atoms with van der Waals surface area (Å²) in [5, 5.41) is 3.39. The summed E-state index contributed by atoms with van der Waals surface area (Å²) in [5.41, 5.74) is 0. The molecule has 7 heteroatoms. The molecule has 1 unspecified atom stereocenters. The Morgan fingerprint density at radius 1 is 1.35 bits per heavy atom. The van der Waals surface area contributed by atoms with Crippen molar-refractivity contribution in [2.75, 3.05) is 44.7 Å². The number of piperidine rings is 1. The number of hydrogen-bond donors (Lipinski definition) is 2. The van der Waals surface area contributed by atoms with Gasteiger partial charge in [0.1, 0.15) is 0 Å². The lowest BCUT2D eigenvalue weighted by Crippen LogP contribution is -2.47. The van der Waals surface area contributed by atoms with E-state index in [1.54, 1.807) is 16.1 Å². The molecule has 20 heavy (non-hydrogen) atoms. The molecule has 1 aliphatic heterocycles. The van der Waals surface area contributed by atoms with Crippen LogP contribution in [0.15, 0.2) is 0 Å². The van der Waals surface area contributed by atoms with Gasteiger partial charge in [0, 0.05) is 19.6 Å². The minimum atomic E-state index is -3.28. The third-order valence-electron chi connectivity index (χ3n) is 3.49. The van der Waals surface area contributed by atoms with Crippen molar-refractivity contribution in [2.24, 2.45) is 5.92 Å². The van der Waals surface area contributed by atoms with Crippen molar-refractivity contribution in [3.63, 3.8) is 0 Å². The van der Waals surface area contributed by atoms with Crippen molar-refractivity contribution in [2.45, 2.75) is 32.6 Å². The summed E-state index contributed by atoms with van der Waals surface area (Å²) < 4.78 is 28.8. The van der Waals surface area contributed by atoms with Gasteiger partial charge in [0.2, 0.25) is 0 Å². The Labute approximate surface area is 128 Å². The number of nitrogens with one attached hydrogen (secondary N) is 2. The van der Waals surface area contributed by atoms with Crippen molar-refractivity contribution in [1.82, 2.24) is 14.3 Å². The van der Waals surface area contributed by atoms with Gasteiger partial charge in [0.25, 0.3) is 10.2 Å². The molecule has 0 radical (unpaired) electrons. The molecule has 0 spiro atoms. The first-order chi connectivity index (χ1) is 9.60. The lowest BCUT2D eigenvalue weighted by Gasteiger charge is -2.32. The Morgan fingerprint density at radius 2 is 2.15 bits per heavy atom. The fraction of sp³-hybridized carbons (Fsp3) is 1.00. The van der Waals surface area contributed by atoms with Crippen LogP contribution in [-0.2, 0) is 10.2 Å². The largest absolute Gasteiger partial charge is 0.316 e. The Balaban J connectivity index is 2.36. The molecule has 0 saturated carbocycles. The molecular formula is C13H29N3O2S2. The van der Waals surface area contributed by atoms with Crippen molar-refractivity contribution in [1.29, 1.82) is 0 Å². The van der Waals surface area contributed by atoms with Gasteiger partial charge < -0.3 is 5.32 Å². The molecule has 0 aliphatic carbocycles. The maximum atomic E-state index is 12.2. The van der Waals surface area contributed by atoms with Crippen LogP contribution in [0.4, 0.5) is 0 Å². The minimum absolute atomic E-state index is 0.443. The summed E-state index contributed by atoms with van der Waals surface area (Å²) >= 11 is 1.74. The van der Waals surface area contributed by atoms with Crippen LogP contribution in [0.5, 0.6) is 0 Å². The van der Waals surface area contributed by atoms with Gasteiger partial charge in [-0.15, -0.1) is 0 Å². The highest BCUT2D eigenvalue weighted by molar-refractivity contribution is 7.98. The van der Waals surface area contributed by atoms with Crippen LogP contribution in [0, 0.1) is 5.92 Å². The molecular weight excluding hydrogens is 294 g/mol. The highest BCUT2D eigenvalue weighted by Gasteiger charge is 2.28. The molecule has 1 saturated heterocycles. The molecule has 0 amide bonds. The Bertz CT molecular complexity index is 350. The van der Waals surface area contributed by atoms with Gasteiger partial charge in [-0.1, -0.05) is 6.92 Å². The summed E-state index contributed by atoms with van der Waals surface area (Å²) in [6.45, 7) is 5.92. The second-order valence-corrected chi connectivity index (χ2v) is 8.06. The molecule has 1 aliphatic rings. The highest BCUT2D eigenvalue weighted by atomic mass is 32.2. The minimum Gasteiger partial charge on any atom is -0.316 e. The van der Waals surface area contributed by atoms with Crippen molar-refractivity contribution < 1.29 is 8.42 Å². The standard InChI is InChI=1S/C13H29N3O2S2/c1-3-7-14-11-13-6-4-9-16(12-13)20(17,18)15-8-5-10-19-2/h13-15H,3-12H2,1-2H3. The number of hydrogen-bond acceptors (Lipinski definition) is 4. The second kappa shape index (κ2) is 10.00. The SMILES string of the molecule is CCCNCC1CCCN(S(=O)(=O)NCCCSC)C1. The van der Waals surface area contributed by atoms with Gasteiger partial charge in [-0.3, -0.25) is 0 Å². The Hall–Kier alpha value is 0.180. The molecule has 2 N–H and O–H groups in total. The molecule has 5 nitrogen and oxygen atoms in total. The zero-order chi connectivity index (χ0) is 14.8. The van der Waals surface area contributed by atoms with E-state index < -0.39 is 10.2 Å². The van der Waals surface area contributed by atoms with Crippen molar-refractivity contribution in [3.05, 3.63) is 0 Å². The maximum absolute atomic E-state index is 12.2. The monoisotopic (exact) mass is 323 g/mol. The van der Waals surface area contributed by atoms with Gasteiger partial charge in [-0.05, 0) is 56.7 Å². The summed E-state index contributed by atoms with van der Waals surface area (Å²) in [5.74, 6) is 1.43. The van der Waals surface area contributed by atoms with Gasteiger partial charge in [-0.25, -0.2) is 4.72 Å². The maximum Gasteiger partial charge on any atom is 0.279 e. The zero-order valence-corrected chi connectivity index (χ0v) is 14.4. The fourth-order valence-electron chi connectivity index (χ4n) is 2.40. The van der Waals surface area contributed by atoms with Gasteiger partial charge >= 0.3 is 0 Å². The molecule has 1 rings (SSSR count). The molecule has 1 heterocycles. The van der Waals surface area contributed by atoms with E-state index in [2.05, 4.69) is 17.0 Å². The first kappa shape index (κ1) is 18.2. The predicted molar refractivity (Wildman–Crippen MR) is 87.4 cm³/mol. The Kier molecular flexibility index (Phi) is 9.11. The van der Waals surface area contributed by atoms with Crippen LogP contribution >= 0.6 is 11.8 Å². The van der Waals surface area contributed by atoms with Crippen LogP contribution in [0.25, 0.3) is 0 Å². The van der Waals surface area contributed by atoms with Crippen LogP contribution in [0.1, 0.15) is 32.6 Å². The third kappa shape index (κ3) is 6.76. The molecule has 1 atom stereocenters. The molecule has 0 aromatic rings. The average molecular weight is 324 g/mol. The zero-order valence-electron chi connectivity index (χ0n) is 12.7. The number of rotatable bonds is 10. The van der Waals surface area contributed by atoms with E-state index in [4.69, 9.17) is 0 Å². The first-order valence-electron chi connectivity index (χ1n) is 7.54. The van der Waals surface area contributed by atoms with Crippen molar-refractivity contribution >= 4 is 22.0 Å². The van der Waals surface area contributed by atoms with E-state index in [1.165, 1.54) is 0 Å². The lowest BCUT2D eigenvalue weighted by molar-refractivity contribution is 0.258. The van der Waals surface area contributed by atoms with E-state index in [1.807, 2.05) is 6.26 Å². The third-order valence-corrected chi connectivity index (χ3v) is 5.77. The molecule has 1 fully saturated rings. The van der Waals surface area contributed by atoms with Crippen molar-refractivity contribution in [3.8, 4) is 0 Å². The normalized spacial score (nSPS) is 21.2. The second-order valence-electron chi connectivity index (χ2n) is 5.32. The van der Waals surface area contributed by atoms with Gasteiger partial charge in [0.15, 0.2) is 0 Å². The Morgan fingerprint density at radius 3 is 2.85 bits per heavy atom. The van der Waals surface area contributed by atoms with Crippen LogP contribution in [0.2, 0.25) is 0 Å². The topological polar surface area (TPSA) is 61.4 Å². The highest BCUT2D eigenvalue weighted by Crippen LogP contribution is 2.18. The predicted octanol–water partition coefficient (Wildman–Crippen LogP) is 1.29. The quantitative estimate of drug-likeness (QED) is 0.595. The summed E-state index contributed by atoms with van der Waals surface area (Å²) in [4.78, 5) is 0. The molecule has 0 aromatic carbocycles. The lowest BCUT2D eigenvalue weighted by atomic mass is 10.00. The van der Waals surface area contributed by atoms with Crippen LogP contribution in [-0.4, -0.2) is 57.5 Å². The van der Waals surface area contributed by atoms with Crippen LogP contribution < -0.4 is 10.0 Å². The number of thioether (sulfide) groups is 1. The van der Waals surface area contributed by atoms with Gasteiger partial charge in [-0.2, -0.15) is 24.5 Å². The first-order valence-corrected chi connectivity index (χ1v) is 10.4. The number of nitrogens with zero attached hydrogens (tertiary/aromatic N) is 1. The van der Waals surface area contributed by atoms with Crippen LogP contribution in [0.3, 0.4) is 0 Å². The fourth-order valence-corrected chi connectivity index (χ4v) is 4.20. The van der Waals surface area contributed by atoms with E-state index in [9.17, 15) is 8.42 Å². The summed E-state index contributed by atoms with van der Waals surface area (Å²) in [7, 11) is -3.28. The molecule has 0 aromatic heterocycles. The summed E-state index contributed by atoms with van der Waals surface area (Å²) in [6, 6.07) is 0. The summed E-state index contributed by atoms with van der Waals surface area (Å²) in [6.07, 6.45) is 6.12. The van der Waals surface area contributed by atoms with E-state index in [0.29, 0.717) is 25.6 Å². The smallest absolute Gasteiger partial charge is 0.279 e. The molecule has 0 bridgehead atoms. The van der Waals surface area contributed by atoms with Gasteiger partial charge in [0.05, 0.1) is 0 Å². The van der Waals surface area contributed by atoms with E-state index in [-0.39, 0.29) is 0 Å². The van der Waals surface area contributed by atoms with E-state index >= 15 is 0 Å². The van der Waals surface area contributed by atoms with E-state index in [0.717, 1.165) is 44.5 Å².